The molecule has 0 atom stereocenters. The summed E-state index contributed by atoms with van der Waals surface area (Å²) in [5, 5.41) is 16.9. The van der Waals surface area contributed by atoms with Gasteiger partial charge in [-0.2, -0.15) is 9.78 Å². The van der Waals surface area contributed by atoms with E-state index in [1.165, 1.54) is 10.7 Å². The molecule has 0 saturated heterocycles. The highest BCUT2D eigenvalue weighted by atomic mass is 16.3. The molecule has 0 bridgehead atoms. The Morgan fingerprint density at radius 2 is 1.95 bits per heavy atom. The minimum absolute atomic E-state index is 0.0816. The van der Waals surface area contributed by atoms with Crippen molar-refractivity contribution in [1.82, 2.24) is 15.1 Å². The van der Waals surface area contributed by atoms with Crippen molar-refractivity contribution in [3.05, 3.63) is 51.4 Å². The van der Waals surface area contributed by atoms with Crippen molar-refractivity contribution in [2.24, 2.45) is 0 Å². The molecule has 5 nitrogen and oxygen atoms in total. The molecule has 1 aromatic carbocycles. The first kappa shape index (κ1) is 13.3. The second-order valence-corrected chi connectivity index (χ2v) is 4.50. The lowest BCUT2D eigenvalue weighted by Gasteiger charge is -2.13. The van der Waals surface area contributed by atoms with Crippen LogP contribution in [0, 0.1) is 13.8 Å². The number of nitrogens with one attached hydrogen (secondary N) is 1. The van der Waals surface area contributed by atoms with Crippen molar-refractivity contribution < 1.29 is 5.11 Å². The largest absolute Gasteiger partial charge is 0.506 e. The average Bonchev–Trinajstić information content (AvgIpc) is 2.34. The van der Waals surface area contributed by atoms with E-state index in [0.717, 1.165) is 16.8 Å². The van der Waals surface area contributed by atoms with Crippen molar-refractivity contribution >= 4 is 0 Å². The normalized spacial score (nSPS) is 10.7. The standard InChI is InChI=1S/C14H17N3O2/c1-9-5-4-6-10(2)14(9)17-13(19)7-12(18)11(16-17)8-15-3/h4-7,15,18H,8H2,1-3H3. The summed E-state index contributed by atoms with van der Waals surface area (Å²) in [4.78, 5) is 12.0. The second-order valence-electron chi connectivity index (χ2n) is 4.50. The van der Waals surface area contributed by atoms with E-state index in [9.17, 15) is 9.90 Å². The molecule has 1 heterocycles. The van der Waals surface area contributed by atoms with Gasteiger partial charge in [-0.3, -0.25) is 4.79 Å². The van der Waals surface area contributed by atoms with Gasteiger partial charge in [0.1, 0.15) is 11.4 Å². The molecule has 0 amide bonds. The van der Waals surface area contributed by atoms with E-state index in [0.29, 0.717) is 12.2 Å². The molecule has 0 aliphatic rings. The molecule has 2 rings (SSSR count). The lowest BCUT2D eigenvalue weighted by Crippen LogP contribution is -2.24. The predicted molar refractivity (Wildman–Crippen MR) is 73.7 cm³/mol. The zero-order chi connectivity index (χ0) is 14.0. The van der Waals surface area contributed by atoms with Gasteiger partial charge in [0, 0.05) is 12.6 Å². The first-order valence-corrected chi connectivity index (χ1v) is 6.08. The lowest BCUT2D eigenvalue weighted by atomic mass is 10.1. The zero-order valence-electron chi connectivity index (χ0n) is 11.3. The Hall–Kier alpha value is -2.14. The first-order chi connectivity index (χ1) is 9.04. The van der Waals surface area contributed by atoms with Crippen molar-refractivity contribution in [3.63, 3.8) is 0 Å². The molecule has 0 aliphatic carbocycles. The monoisotopic (exact) mass is 259 g/mol. The minimum atomic E-state index is -0.338. The van der Waals surface area contributed by atoms with E-state index in [-0.39, 0.29) is 11.3 Å². The summed E-state index contributed by atoms with van der Waals surface area (Å²) in [7, 11) is 1.76. The van der Waals surface area contributed by atoms with Crippen molar-refractivity contribution in [3.8, 4) is 11.4 Å². The molecule has 5 heteroatoms. The number of aromatic hydroxyl groups is 1. The number of hydrogen-bond donors (Lipinski definition) is 2. The van der Waals surface area contributed by atoms with Gasteiger partial charge in [0.15, 0.2) is 0 Å². The molecule has 0 unspecified atom stereocenters. The minimum Gasteiger partial charge on any atom is -0.506 e. The third kappa shape index (κ3) is 2.51. The Balaban J connectivity index is 2.69. The number of aryl methyl sites for hydroxylation is 2. The number of hydrogen-bond acceptors (Lipinski definition) is 4. The van der Waals surface area contributed by atoms with Gasteiger partial charge in [-0.15, -0.1) is 0 Å². The first-order valence-electron chi connectivity index (χ1n) is 6.08. The summed E-state index contributed by atoms with van der Waals surface area (Å²) in [6, 6.07) is 7.00. The molecule has 0 fully saturated rings. The van der Waals surface area contributed by atoms with E-state index in [1.54, 1.807) is 7.05 Å². The van der Waals surface area contributed by atoms with E-state index in [2.05, 4.69) is 10.4 Å². The fourth-order valence-corrected chi connectivity index (χ4v) is 2.08. The maximum atomic E-state index is 12.0. The highest BCUT2D eigenvalue weighted by Gasteiger charge is 2.12. The van der Waals surface area contributed by atoms with Gasteiger partial charge < -0.3 is 10.4 Å². The Labute approximate surface area is 111 Å². The van der Waals surface area contributed by atoms with Crippen LogP contribution in [0.2, 0.25) is 0 Å². The number of nitrogens with zero attached hydrogens (tertiary/aromatic N) is 2. The zero-order valence-corrected chi connectivity index (χ0v) is 11.3. The highest BCUT2D eigenvalue weighted by Crippen LogP contribution is 2.18. The third-order valence-electron chi connectivity index (χ3n) is 2.98. The molecule has 1 aromatic heterocycles. The summed E-state index contributed by atoms with van der Waals surface area (Å²) in [5.74, 6) is -0.0816. The molecule has 100 valence electrons. The molecule has 0 spiro atoms. The van der Waals surface area contributed by atoms with Crippen LogP contribution in [0.4, 0.5) is 0 Å². The highest BCUT2D eigenvalue weighted by molar-refractivity contribution is 5.46. The Morgan fingerprint density at radius 3 is 2.53 bits per heavy atom. The summed E-state index contributed by atoms with van der Waals surface area (Å²) >= 11 is 0. The smallest absolute Gasteiger partial charge is 0.275 e. The molecule has 2 aromatic rings. The van der Waals surface area contributed by atoms with Crippen LogP contribution in [0.5, 0.6) is 5.75 Å². The van der Waals surface area contributed by atoms with Gasteiger partial charge in [-0.25, -0.2) is 0 Å². The van der Waals surface area contributed by atoms with Crippen LogP contribution >= 0.6 is 0 Å². The van der Waals surface area contributed by atoms with E-state index >= 15 is 0 Å². The van der Waals surface area contributed by atoms with Gasteiger partial charge >= 0.3 is 0 Å². The maximum absolute atomic E-state index is 12.0. The van der Waals surface area contributed by atoms with Crippen LogP contribution in [0.15, 0.2) is 29.1 Å². The molecule has 0 radical (unpaired) electrons. The number of para-hydroxylation sites is 1. The molecule has 19 heavy (non-hydrogen) atoms. The van der Waals surface area contributed by atoms with Crippen molar-refractivity contribution in [2.45, 2.75) is 20.4 Å². The third-order valence-corrected chi connectivity index (χ3v) is 2.98. The topological polar surface area (TPSA) is 67.2 Å². The fraction of sp³-hybridized carbons (Fsp3) is 0.286. The van der Waals surface area contributed by atoms with Gasteiger partial charge in [0.25, 0.3) is 5.56 Å². The average molecular weight is 259 g/mol. The summed E-state index contributed by atoms with van der Waals surface area (Å²) in [6.45, 7) is 4.26. The number of benzene rings is 1. The molecule has 2 N–H and O–H groups in total. The van der Waals surface area contributed by atoms with Crippen LogP contribution in [-0.4, -0.2) is 21.9 Å². The Morgan fingerprint density at radius 1 is 1.32 bits per heavy atom. The van der Waals surface area contributed by atoms with E-state index < -0.39 is 0 Å². The van der Waals surface area contributed by atoms with Gasteiger partial charge in [0.05, 0.1) is 5.69 Å². The van der Waals surface area contributed by atoms with Crippen LogP contribution in [0.25, 0.3) is 5.69 Å². The van der Waals surface area contributed by atoms with Crippen molar-refractivity contribution in [2.75, 3.05) is 7.05 Å². The lowest BCUT2D eigenvalue weighted by molar-refractivity contribution is 0.453. The van der Waals surface area contributed by atoms with Crippen LogP contribution in [-0.2, 0) is 6.54 Å². The Kier molecular flexibility index (Phi) is 3.66. The van der Waals surface area contributed by atoms with Gasteiger partial charge in [-0.1, -0.05) is 18.2 Å². The predicted octanol–water partition coefficient (Wildman–Crippen LogP) is 1.27. The summed E-state index contributed by atoms with van der Waals surface area (Å²) in [6.07, 6.45) is 0. The quantitative estimate of drug-likeness (QED) is 0.871. The fourth-order valence-electron chi connectivity index (χ4n) is 2.08. The molecular weight excluding hydrogens is 242 g/mol. The SMILES string of the molecule is CNCc1nn(-c2c(C)cccc2C)c(=O)cc1O. The van der Waals surface area contributed by atoms with Crippen molar-refractivity contribution in [1.29, 1.82) is 0 Å². The summed E-state index contributed by atoms with van der Waals surface area (Å²) in [5.41, 5.74) is 2.82. The van der Waals surface area contributed by atoms with Crippen LogP contribution < -0.4 is 10.9 Å². The van der Waals surface area contributed by atoms with E-state index in [4.69, 9.17) is 0 Å². The number of aromatic nitrogens is 2. The van der Waals surface area contributed by atoms with Gasteiger partial charge in [-0.05, 0) is 32.0 Å². The summed E-state index contributed by atoms with van der Waals surface area (Å²) < 4.78 is 1.34. The van der Waals surface area contributed by atoms with E-state index in [1.807, 2.05) is 32.0 Å². The van der Waals surface area contributed by atoms with Crippen LogP contribution in [0.3, 0.4) is 0 Å². The molecular formula is C14H17N3O2. The number of rotatable bonds is 3. The molecule has 0 aliphatic heterocycles. The van der Waals surface area contributed by atoms with Gasteiger partial charge in [0.2, 0.25) is 0 Å². The van der Waals surface area contributed by atoms with Crippen LogP contribution in [0.1, 0.15) is 16.8 Å². The maximum Gasteiger partial charge on any atom is 0.275 e. The Bertz CT molecular complexity index is 642. The molecule has 0 saturated carbocycles. The second kappa shape index (κ2) is 5.24.